The SMILES string of the molecule is Cc1nn(Cc2nc(-c3ccccc3)no2)c(=O)c(C#N)c1C. The minimum absolute atomic E-state index is 0.0223. The average Bonchev–Trinajstić information content (AvgIpc) is 3.03. The zero-order valence-corrected chi connectivity index (χ0v) is 12.6. The molecular formula is C16H13N5O2. The van der Waals surface area contributed by atoms with Crippen molar-refractivity contribution in [3.63, 3.8) is 0 Å². The van der Waals surface area contributed by atoms with Crippen LogP contribution < -0.4 is 5.56 Å². The van der Waals surface area contributed by atoms with Crippen LogP contribution in [0.1, 0.15) is 22.7 Å². The van der Waals surface area contributed by atoms with E-state index in [9.17, 15) is 4.79 Å². The highest BCUT2D eigenvalue weighted by Crippen LogP contribution is 2.15. The maximum absolute atomic E-state index is 12.2. The topological polar surface area (TPSA) is 97.6 Å². The highest BCUT2D eigenvalue weighted by Gasteiger charge is 2.15. The summed E-state index contributed by atoms with van der Waals surface area (Å²) in [7, 11) is 0. The Labute approximate surface area is 131 Å². The number of rotatable bonds is 3. The Morgan fingerprint density at radius 1 is 1.26 bits per heavy atom. The van der Waals surface area contributed by atoms with E-state index < -0.39 is 5.56 Å². The molecule has 0 radical (unpaired) electrons. The largest absolute Gasteiger partial charge is 0.337 e. The maximum atomic E-state index is 12.2. The molecule has 2 heterocycles. The summed E-state index contributed by atoms with van der Waals surface area (Å²) in [6.45, 7) is 3.47. The van der Waals surface area contributed by atoms with Crippen molar-refractivity contribution in [1.82, 2.24) is 19.9 Å². The third-order valence-electron chi connectivity index (χ3n) is 3.53. The molecule has 0 aliphatic heterocycles. The van der Waals surface area contributed by atoms with Gasteiger partial charge in [0.1, 0.15) is 18.2 Å². The van der Waals surface area contributed by atoms with Crippen LogP contribution in [-0.2, 0) is 6.54 Å². The number of nitrogens with zero attached hydrogens (tertiary/aromatic N) is 5. The molecule has 0 amide bonds. The smallest absolute Gasteiger partial charge is 0.285 e. The molecular weight excluding hydrogens is 294 g/mol. The lowest BCUT2D eigenvalue weighted by atomic mass is 10.1. The van der Waals surface area contributed by atoms with Crippen LogP contribution in [-0.4, -0.2) is 19.9 Å². The van der Waals surface area contributed by atoms with Gasteiger partial charge >= 0.3 is 0 Å². The van der Waals surface area contributed by atoms with E-state index in [4.69, 9.17) is 9.78 Å². The lowest BCUT2D eigenvalue weighted by molar-refractivity contribution is 0.362. The first kappa shape index (κ1) is 14.7. The summed E-state index contributed by atoms with van der Waals surface area (Å²) in [4.78, 5) is 16.5. The summed E-state index contributed by atoms with van der Waals surface area (Å²) in [5, 5.41) is 17.2. The predicted molar refractivity (Wildman–Crippen MR) is 81.5 cm³/mol. The summed E-state index contributed by atoms with van der Waals surface area (Å²) in [5.41, 5.74) is 1.64. The molecule has 7 nitrogen and oxygen atoms in total. The third kappa shape index (κ3) is 2.74. The number of hydrogen-bond acceptors (Lipinski definition) is 6. The summed E-state index contributed by atoms with van der Waals surface area (Å²) in [5.74, 6) is 0.698. The molecule has 0 spiro atoms. The van der Waals surface area contributed by atoms with E-state index in [1.54, 1.807) is 13.8 Å². The molecule has 7 heteroatoms. The van der Waals surface area contributed by atoms with Gasteiger partial charge in [0, 0.05) is 5.56 Å². The second-order valence-corrected chi connectivity index (χ2v) is 5.04. The van der Waals surface area contributed by atoms with Crippen molar-refractivity contribution in [3.05, 3.63) is 63.4 Å². The molecule has 2 aromatic heterocycles. The molecule has 0 unspecified atom stereocenters. The van der Waals surface area contributed by atoms with Gasteiger partial charge in [-0.2, -0.15) is 15.3 Å². The van der Waals surface area contributed by atoms with Crippen LogP contribution in [0.2, 0.25) is 0 Å². The Hall–Kier alpha value is -3.27. The summed E-state index contributed by atoms with van der Waals surface area (Å²) < 4.78 is 6.35. The van der Waals surface area contributed by atoms with E-state index in [1.807, 2.05) is 36.4 Å². The first-order chi connectivity index (χ1) is 11.1. The summed E-state index contributed by atoms with van der Waals surface area (Å²) >= 11 is 0. The van der Waals surface area contributed by atoms with E-state index in [2.05, 4.69) is 15.2 Å². The monoisotopic (exact) mass is 307 g/mol. The van der Waals surface area contributed by atoms with Crippen molar-refractivity contribution in [2.24, 2.45) is 0 Å². The predicted octanol–water partition coefficient (Wildman–Crippen LogP) is 1.83. The van der Waals surface area contributed by atoms with Crippen molar-refractivity contribution in [2.45, 2.75) is 20.4 Å². The van der Waals surface area contributed by atoms with Crippen LogP contribution in [0.15, 0.2) is 39.6 Å². The number of aromatic nitrogens is 4. The van der Waals surface area contributed by atoms with Crippen LogP contribution in [0.25, 0.3) is 11.4 Å². The number of aryl methyl sites for hydroxylation is 1. The minimum atomic E-state index is -0.463. The summed E-state index contributed by atoms with van der Waals surface area (Å²) in [6, 6.07) is 11.3. The zero-order chi connectivity index (χ0) is 16.4. The molecule has 3 rings (SSSR count). The standard InChI is InChI=1S/C16H13N5O2/c1-10-11(2)19-21(16(22)13(10)8-17)9-14-18-15(20-23-14)12-6-4-3-5-7-12/h3-7H,9H2,1-2H3. The molecule has 0 saturated carbocycles. The van der Waals surface area contributed by atoms with Gasteiger partial charge < -0.3 is 4.52 Å². The highest BCUT2D eigenvalue weighted by molar-refractivity contribution is 5.53. The molecule has 1 aromatic carbocycles. The van der Waals surface area contributed by atoms with Gasteiger partial charge in [0.2, 0.25) is 11.7 Å². The quantitative estimate of drug-likeness (QED) is 0.732. The van der Waals surface area contributed by atoms with E-state index in [0.717, 1.165) is 5.56 Å². The molecule has 3 aromatic rings. The summed E-state index contributed by atoms with van der Waals surface area (Å²) in [6.07, 6.45) is 0. The molecule has 0 atom stereocenters. The van der Waals surface area contributed by atoms with Gasteiger partial charge in [0.05, 0.1) is 5.69 Å². The Kier molecular flexibility index (Phi) is 3.73. The normalized spacial score (nSPS) is 10.5. The molecule has 0 N–H and O–H groups in total. The van der Waals surface area contributed by atoms with Crippen molar-refractivity contribution in [3.8, 4) is 17.5 Å². The molecule has 0 saturated heterocycles. The van der Waals surface area contributed by atoms with Gasteiger partial charge in [0.25, 0.3) is 5.56 Å². The fraction of sp³-hybridized carbons (Fsp3) is 0.188. The van der Waals surface area contributed by atoms with Crippen LogP contribution in [0, 0.1) is 25.2 Å². The van der Waals surface area contributed by atoms with Crippen molar-refractivity contribution < 1.29 is 4.52 Å². The third-order valence-corrected chi connectivity index (χ3v) is 3.53. The minimum Gasteiger partial charge on any atom is -0.337 e. The fourth-order valence-electron chi connectivity index (χ4n) is 2.16. The van der Waals surface area contributed by atoms with Crippen LogP contribution in [0.3, 0.4) is 0 Å². The number of hydrogen-bond donors (Lipinski definition) is 0. The Bertz CT molecular complexity index is 951. The van der Waals surface area contributed by atoms with Gasteiger partial charge in [-0.1, -0.05) is 35.5 Å². The number of nitriles is 1. The van der Waals surface area contributed by atoms with Crippen LogP contribution in [0.5, 0.6) is 0 Å². The van der Waals surface area contributed by atoms with Crippen molar-refractivity contribution in [2.75, 3.05) is 0 Å². The lowest BCUT2D eigenvalue weighted by Crippen LogP contribution is -2.28. The molecule has 0 bridgehead atoms. The first-order valence-electron chi connectivity index (χ1n) is 6.96. The Balaban J connectivity index is 1.95. The Morgan fingerprint density at radius 2 is 2.00 bits per heavy atom. The van der Waals surface area contributed by atoms with Gasteiger partial charge in [-0.25, -0.2) is 4.68 Å². The van der Waals surface area contributed by atoms with Crippen LogP contribution in [0.4, 0.5) is 0 Å². The molecule has 0 aliphatic rings. The second-order valence-electron chi connectivity index (χ2n) is 5.04. The van der Waals surface area contributed by atoms with Gasteiger partial charge in [-0.15, -0.1) is 0 Å². The average molecular weight is 307 g/mol. The number of benzene rings is 1. The molecule has 0 aliphatic carbocycles. The van der Waals surface area contributed by atoms with Crippen molar-refractivity contribution in [1.29, 1.82) is 5.26 Å². The lowest BCUT2D eigenvalue weighted by Gasteiger charge is -2.06. The van der Waals surface area contributed by atoms with Gasteiger partial charge in [-0.3, -0.25) is 4.79 Å². The Morgan fingerprint density at radius 3 is 2.70 bits per heavy atom. The fourth-order valence-corrected chi connectivity index (χ4v) is 2.16. The van der Waals surface area contributed by atoms with Crippen molar-refractivity contribution >= 4 is 0 Å². The van der Waals surface area contributed by atoms with E-state index in [0.29, 0.717) is 17.1 Å². The highest BCUT2D eigenvalue weighted by atomic mass is 16.5. The zero-order valence-electron chi connectivity index (χ0n) is 12.6. The van der Waals surface area contributed by atoms with Gasteiger partial charge in [0.15, 0.2) is 0 Å². The molecule has 0 fully saturated rings. The van der Waals surface area contributed by atoms with E-state index in [-0.39, 0.29) is 18.0 Å². The second kappa shape index (κ2) is 5.85. The van der Waals surface area contributed by atoms with E-state index >= 15 is 0 Å². The maximum Gasteiger partial charge on any atom is 0.285 e. The first-order valence-corrected chi connectivity index (χ1v) is 6.96. The molecule has 23 heavy (non-hydrogen) atoms. The van der Waals surface area contributed by atoms with Gasteiger partial charge in [-0.05, 0) is 19.4 Å². The molecule has 114 valence electrons. The van der Waals surface area contributed by atoms with Crippen LogP contribution >= 0.6 is 0 Å². The van der Waals surface area contributed by atoms with E-state index in [1.165, 1.54) is 4.68 Å².